The average Bonchev–Trinajstić information content (AvgIpc) is 2.39. The number of hydrogen-bond acceptors (Lipinski definition) is 1. The highest BCUT2D eigenvalue weighted by molar-refractivity contribution is 5.25. The summed E-state index contributed by atoms with van der Waals surface area (Å²) in [5, 5.41) is 3.63. The molecule has 0 amide bonds. The standard InChI is InChI=1S/C18H31N/c1-6-15(5)12-18(19-7-2)13-16-8-10-17(11-9-16)14(3)4/h8-11,14-15,18-19H,6-7,12-13H2,1-5H3. The van der Waals surface area contributed by atoms with Gasteiger partial charge >= 0.3 is 0 Å². The van der Waals surface area contributed by atoms with Crippen LogP contribution in [0.15, 0.2) is 24.3 Å². The van der Waals surface area contributed by atoms with Crippen LogP contribution < -0.4 is 5.32 Å². The highest BCUT2D eigenvalue weighted by Gasteiger charge is 2.12. The number of hydrogen-bond donors (Lipinski definition) is 1. The van der Waals surface area contributed by atoms with Crippen molar-refractivity contribution >= 4 is 0 Å². The van der Waals surface area contributed by atoms with Gasteiger partial charge in [0.05, 0.1) is 0 Å². The topological polar surface area (TPSA) is 12.0 Å². The fourth-order valence-electron chi connectivity index (χ4n) is 2.50. The first-order valence-electron chi connectivity index (χ1n) is 7.89. The zero-order chi connectivity index (χ0) is 14.3. The molecule has 108 valence electrons. The SMILES string of the molecule is CCNC(Cc1ccc(C(C)C)cc1)CC(C)CC. The van der Waals surface area contributed by atoms with Gasteiger partial charge in [-0.25, -0.2) is 0 Å². The second kappa shape index (κ2) is 8.37. The molecular formula is C18H31N. The molecular weight excluding hydrogens is 230 g/mol. The third-order valence-electron chi connectivity index (χ3n) is 4.01. The Morgan fingerprint density at radius 3 is 2.11 bits per heavy atom. The van der Waals surface area contributed by atoms with Crippen molar-refractivity contribution < 1.29 is 0 Å². The van der Waals surface area contributed by atoms with Gasteiger partial charge in [-0.15, -0.1) is 0 Å². The summed E-state index contributed by atoms with van der Waals surface area (Å²) in [7, 11) is 0. The van der Waals surface area contributed by atoms with E-state index in [0.717, 1.165) is 18.9 Å². The summed E-state index contributed by atoms with van der Waals surface area (Å²) in [6.45, 7) is 12.4. The minimum Gasteiger partial charge on any atom is -0.314 e. The van der Waals surface area contributed by atoms with Gasteiger partial charge < -0.3 is 5.32 Å². The molecule has 0 saturated carbocycles. The summed E-state index contributed by atoms with van der Waals surface area (Å²) in [6.07, 6.45) is 3.70. The van der Waals surface area contributed by atoms with Crippen molar-refractivity contribution in [1.82, 2.24) is 5.32 Å². The van der Waals surface area contributed by atoms with Gasteiger partial charge in [0.15, 0.2) is 0 Å². The van der Waals surface area contributed by atoms with Gasteiger partial charge in [-0.1, -0.05) is 65.3 Å². The van der Waals surface area contributed by atoms with Crippen molar-refractivity contribution in [2.24, 2.45) is 5.92 Å². The van der Waals surface area contributed by atoms with Gasteiger partial charge in [-0.05, 0) is 42.3 Å². The molecule has 0 aromatic heterocycles. The molecule has 1 nitrogen and oxygen atoms in total. The molecule has 0 aliphatic rings. The first kappa shape index (κ1) is 16.2. The summed E-state index contributed by atoms with van der Waals surface area (Å²) in [5.41, 5.74) is 2.89. The Kier molecular flexibility index (Phi) is 7.15. The molecule has 0 saturated heterocycles. The predicted octanol–water partition coefficient (Wildman–Crippen LogP) is 4.77. The van der Waals surface area contributed by atoms with E-state index in [4.69, 9.17) is 0 Å². The maximum atomic E-state index is 3.63. The second-order valence-corrected chi connectivity index (χ2v) is 6.10. The average molecular weight is 261 g/mol. The van der Waals surface area contributed by atoms with Crippen LogP contribution in [0.5, 0.6) is 0 Å². The number of nitrogens with one attached hydrogen (secondary N) is 1. The van der Waals surface area contributed by atoms with Crippen molar-refractivity contribution in [2.75, 3.05) is 6.54 Å². The van der Waals surface area contributed by atoms with E-state index in [1.54, 1.807) is 0 Å². The van der Waals surface area contributed by atoms with E-state index in [9.17, 15) is 0 Å². The summed E-state index contributed by atoms with van der Waals surface area (Å²) in [5.74, 6) is 1.43. The monoisotopic (exact) mass is 261 g/mol. The van der Waals surface area contributed by atoms with Gasteiger partial charge in [0.2, 0.25) is 0 Å². The third-order valence-corrected chi connectivity index (χ3v) is 4.01. The summed E-state index contributed by atoms with van der Waals surface area (Å²) < 4.78 is 0. The largest absolute Gasteiger partial charge is 0.314 e. The van der Waals surface area contributed by atoms with Crippen LogP contribution in [0.25, 0.3) is 0 Å². The van der Waals surface area contributed by atoms with Gasteiger partial charge in [-0.3, -0.25) is 0 Å². The Balaban J connectivity index is 2.62. The molecule has 19 heavy (non-hydrogen) atoms. The fraction of sp³-hybridized carbons (Fsp3) is 0.667. The summed E-state index contributed by atoms with van der Waals surface area (Å²) >= 11 is 0. The maximum Gasteiger partial charge on any atom is 0.0110 e. The number of benzene rings is 1. The van der Waals surface area contributed by atoms with E-state index in [-0.39, 0.29) is 0 Å². The summed E-state index contributed by atoms with van der Waals surface area (Å²) in [6, 6.07) is 9.79. The second-order valence-electron chi connectivity index (χ2n) is 6.10. The normalized spacial score (nSPS) is 14.6. The van der Waals surface area contributed by atoms with E-state index in [2.05, 4.69) is 64.2 Å². The van der Waals surface area contributed by atoms with E-state index in [1.807, 2.05) is 0 Å². The molecule has 1 aromatic rings. The van der Waals surface area contributed by atoms with Crippen LogP contribution in [0.2, 0.25) is 0 Å². The summed E-state index contributed by atoms with van der Waals surface area (Å²) in [4.78, 5) is 0. The zero-order valence-corrected chi connectivity index (χ0v) is 13.4. The van der Waals surface area contributed by atoms with Crippen LogP contribution >= 0.6 is 0 Å². The van der Waals surface area contributed by atoms with Crippen LogP contribution in [-0.4, -0.2) is 12.6 Å². The Labute approximate surface area is 119 Å². The van der Waals surface area contributed by atoms with Crippen molar-refractivity contribution in [3.63, 3.8) is 0 Å². The molecule has 1 rings (SSSR count). The predicted molar refractivity (Wildman–Crippen MR) is 85.8 cm³/mol. The van der Waals surface area contributed by atoms with Crippen molar-refractivity contribution in [1.29, 1.82) is 0 Å². The Hall–Kier alpha value is -0.820. The van der Waals surface area contributed by atoms with Crippen LogP contribution in [0, 0.1) is 5.92 Å². The first-order valence-corrected chi connectivity index (χ1v) is 7.89. The molecule has 0 aliphatic carbocycles. The van der Waals surface area contributed by atoms with Crippen LogP contribution in [0.3, 0.4) is 0 Å². The molecule has 0 aliphatic heterocycles. The fourth-order valence-corrected chi connectivity index (χ4v) is 2.50. The Bertz CT molecular complexity index is 339. The molecule has 1 heteroatoms. The molecule has 0 fully saturated rings. The Morgan fingerprint density at radius 1 is 1.00 bits per heavy atom. The molecule has 0 radical (unpaired) electrons. The van der Waals surface area contributed by atoms with E-state index < -0.39 is 0 Å². The minimum atomic E-state index is 0.616. The molecule has 0 heterocycles. The van der Waals surface area contributed by atoms with E-state index in [1.165, 1.54) is 24.0 Å². The minimum absolute atomic E-state index is 0.616. The molecule has 2 atom stereocenters. The van der Waals surface area contributed by atoms with E-state index >= 15 is 0 Å². The van der Waals surface area contributed by atoms with Crippen LogP contribution in [0.4, 0.5) is 0 Å². The van der Waals surface area contributed by atoms with Gasteiger partial charge in [0.1, 0.15) is 0 Å². The number of rotatable bonds is 8. The van der Waals surface area contributed by atoms with Gasteiger partial charge in [-0.2, -0.15) is 0 Å². The lowest BCUT2D eigenvalue weighted by Crippen LogP contribution is -2.32. The lowest BCUT2D eigenvalue weighted by atomic mass is 9.93. The highest BCUT2D eigenvalue weighted by Crippen LogP contribution is 2.17. The lowest BCUT2D eigenvalue weighted by Gasteiger charge is -2.21. The van der Waals surface area contributed by atoms with Crippen molar-refractivity contribution in [3.05, 3.63) is 35.4 Å². The molecule has 0 bridgehead atoms. The van der Waals surface area contributed by atoms with Crippen LogP contribution in [0.1, 0.15) is 64.5 Å². The van der Waals surface area contributed by atoms with Crippen LogP contribution in [-0.2, 0) is 6.42 Å². The molecule has 1 N–H and O–H groups in total. The van der Waals surface area contributed by atoms with E-state index in [0.29, 0.717) is 12.0 Å². The highest BCUT2D eigenvalue weighted by atomic mass is 14.9. The maximum absolute atomic E-state index is 3.63. The first-order chi connectivity index (χ1) is 9.06. The Morgan fingerprint density at radius 2 is 1.63 bits per heavy atom. The van der Waals surface area contributed by atoms with Crippen molar-refractivity contribution in [2.45, 2.75) is 65.8 Å². The molecule has 0 spiro atoms. The number of likely N-dealkylation sites (N-methyl/N-ethyl adjacent to an activating group) is 1. The molecule has 1 aromatic carbocycles. The zero-order valence-electron chi connectivity index (χ0n) is 13.4. The smallest absolute Gasteiger partial charge is 0.0110 e. The quantitative estimate of drug-likeness (QED) is 0.711. The third kappa shape index (κ3) is 5.78. The van der Waals surface area contributed by atoms with Gasteiger partial charge in [0, 0.05) is 6.04 Å². The van der Waals surface area contributed by atoms with Crippen molar-refractivity contribution in [3.8, 4) is 0 Å². The molecule has 2 unspecified atom stereocenters. The lowest BCUT2D eigenvalue weighted by molar-refractivity contribution is 0.397. The van der Waals surface area contributed by atoms with Gasteiger partial charge in [0.25, 0.3) is 0 Å².